The highest BCUT2D eigenvalue weighted by molar-refractivity contribution is 5.90. The van der Waals surface area contributed by atoms with E-state index in [4.69, 9.17) is 18.9 Å². The molecule has 1 N–H and O–H groups in total. The molecule has 4 unspecified atom stereocenters. The number of amides is 2. The van der Waals surface area contributed by atoms with Gasteiger partial charge >= 0.3 is 0 Å². The van der Waals surface area contributed by atoms with Crippen molar-refractivity contribution in [2.75, 3.05) is 33.2 Å². The molecule has 1 fully saturated rings. The number of nitrogens with one attached hydrogen (secondary N) is 1. The van der Waals surface area contributed by atoms with E-state index in [1.807, 2.05) is 47.4 Å². The minimum absolute atomic E-state index is 0.0329. The molecule has 3 aliphatic heterocycles. The molecule has 2 aromatic rings. The van der Waals surface area contributed by atoms with Gasteiger partial charge in [-0.2, -0.15) is 0 Å². The lowest BCUT2D eigenvalue weighted by molar-refractivity contribution is -0.142. The molecule has 0 saturated carbocycles. The molecule has 0 spiro atoms. The highest BCUT2D eigenvalue weighted by Crippen LogP contribution is 2.50. The second-order valence-corrected chi connectivity index (χ2v) is 11.2. The molecule has 6 rings (SSSR count). The number of piperidine rings is 1. The molecule has 8 heteroatoms. The number of hydrogen-bond donors (Lipinski definition) is 1. The topological polar surface area (TPSA) is 86.3 Å². The van der Waals surface area contributed by atoms with E-state index < -0.39 is 11.8 Å². The van der Waals surface area contributed by atoms with Gasteiger partial charge in [0.05, 0.1) is 11.8 Å². The summed E-state index contributed by atoms with van der Waals surface area (Å²) in [5.74, 6) is 1.34. The Morgan fingerprint density at radius 2 is 1.46 bits per heavy atom. The van der Waals surface area contributed by atoms with Crippen molar-refractivity contribution in [1.82, 2.24) is 10.2 Å². The van der Waals surface area contributed by atoms with Crippen molar-refractivity contribution in [3.05, 3.63) is 59.7 Å². The first-order valence-electron chi connectivity index (χ1n) is 14.0. The fraction of sp³-hybridized carbons (Fsp3) is 0.484. The summed E-state index contributed by atoms with van der Waals surface area (Å²) in [5.41, 5.74) is 1.94. The van der Waals surface area contributed by atoms with Crippen LogP contribution in [0.5, 0.6) is 23.0 Å². The van der Waals surface area contributed by atoms with Crippen LogP contribution in [0.15, 0.2) is 48.6 Å². The molecule has 2 amide bonds. The summed E-state index contributed by atoms with van der Waals surface area (Å²) in [7, 11) is 0. The van der Waals surface area contributed by atoms with Gasteiger partial charge in [0.25, 0.3) is 0 Å². The molecule has 4 aliphatic rings. The fourth-order valence-electron chi connectivity index (χ4n) is 6.21. The summed E-state index contributed by atoms with van der Waals surface area (Å²) >= 11 is 0. The van der Waals surface area contributed by atoms with Gasteiger partial charge in [0.1, 0.15) is 0 Å². The third-order valence-corrected chi connectivity index (χ3v) is 8.19. The predicted molar refractivity (Wildman–Crippen MR) is 145 cm³/mol. The van der Waals surface area contributed by atoms with Gasteiger partial charge in [-0.3, -0.25) is 9.59 Å². The molecule has 39 heavy (non-hydrogen) atoms. The highest BCUT2D eigenvalue weighted by atomic mass is 16.7. The van der Waals surface area contributed by atoms with E-state index in [-0.39, 0.29) is 43.2 Å². The quantitative estimate of drug-likeness (QED) is 0.548. The third kappa shape index (κ3) is 5.04. The first-order chi connectivity index (χ1) is 19.0. The van der Waals surface area contributed by atoms with E-state index >= 15 is 0 Å². The second kappa shape index (κ2) is 10.8. The number of benzene rings is 2. The molecule has 1 saturated heterocycles. The Hall–Kier alpha value is -3.68. The zero-order chi connectivity index (χ0) is 26.9. The van der Waals surface area contributed by atoms with Crippen LogP contribution in [0, 0.1) is 17.8 Å². The number of allylic oxidation sites excluding steroid dienone is 1. The van der Waals surface area contributed by atoms with Crippen LogP contribution in [0.2, 0.25) is 0 Å². The van der Waals surface area contributed by atoms with E-state index in [0.717, 1.165) is 43.5 Å². The first-order valence-corrected chi connectivity index (χ1v) is 14.0. The lowest BCUT2D eigenvalue weighted by Crippen LogP contribution is -2.49. The molecular weight excluding hydrogens is 496 g/mol. The Balaban J connectivity index is 1.45. The van der Waals surface area contributed by atoms with Crippen molar-refractivity contribution >= 4 is 11.8 Å². The molecular formula is C31H36N2O6. The third-order valence-electron chi connectivity index (χ3n) is 8.19. The lowest BCUT2D eigenvalue weighted by Gasteiger charge is -2.41. The summed E-state index contributed by atoms with van der Waals surface area (Å²) in [4.78, 5) is 30.0. The van der Waals surface area contributed by atoms with Gasteiger partial charge in [0.15, 0.2) is 23.0 Å². The summed E-state index contributed by atoms with van der Waals surface area (Å²) in [6.07, 6.45) is 7.20. The SMILES string of the molecule is CC(C)CNC(=O)C1C(C(=O)N2CCCCC2)C=CC(c2ccc3c(c2)OCO3)C1c1ccc2c(c1)OCO2. The Kier molecular flexibility index (Phi) is 7.11. The smallest absolute Gasteiger partial charge is 0.231 e. The maximum atomic E-state index is 14.1. The molecule has 8 nitrogen and oxygen atoms in total. The number of carbonyl (C=O) groups excluding carboxylic acids is 2. The van der Waals surface area contributed by atoms with Crippen molar-refractivity contribution < 1.29 is 28.5 Å². The largest absolute Gasteiger partial charge is 0.454 e. The van der Waals surface area contributed by atoms with E-state index in [0.29, 0.717) is 29.5 Å². The molecule has 3 heterocycles. The van der Waals surface area contributed by atoms with Crippen LogP contribution in [0.1, 0.15) is 56.1 Å². The van der Waals surface area contributed by atoms with Gasteiger partial charge in [-0.1, -0.05) is 38.1 Å². The zero-order valence-corrected chi connectivity index (χ0v) is 22.6. The van der Waals surface area contributed by atoms with Crippen molar-refractivity contribution in [1.29, 1.82) is 0 Å². The van der Waals surface area contributed by atoms with Gasteiger partial charge in [-0.25, -0.2) is 0 Å². The Labute approximate surface area is 229 Å². The van der Waals surface area contributed by atoms with Gasteiger partial charge in [-0.15, -0.1) is 0 Å². The van der Waals surface area contributed by atoms with Gasteiger partial charge in [-0.05, 0) is 60.6 Å². The first kappa shape index (κ1) is 25.6. The highest BCUT2D eigenvalue weighted by Gasteiger charge is 2.46. The van der Waals surface area contributed by atoms with Crippen LogP contribution < -0.4 is 24.3 Å². The summed E-state index contributed by atoms with van der Waals surface area (Å²) < 4.78 is 22.5. The summed E-state index contributed by atoms with van der Waals surface area (Å²) in [6, 6.07) is 11.8. The van der Waals surface area contributed by atoms with Crippen LogP contribution in [0.4, 0.5) is 0 Å². The van der Waals surface area contributed by atoms with Crippen LogP contribution >= 0.6 is 0 Å². The van der Waals surface area contributed by atoms with Gasteiger partial charge in [0.2, 0.25) is 25.4 Å². The van der Waals surface area contributed by atoms with E-state index in [1.54, 1.807) is 0 Å². The summed E-state index contributed by atoms with van der Waals surface area (Å²) in [6.45, 7) is 6.53. The molecule has 0 radical (unpaired) electrons. The fourth-order valence-corrected chi connectivity index (χ4v) is 6.21. The van der Waals surface area contributed by atoms with Crippen LogP contribution in [-0.4, -0.2) is 49.9 Å². The van der Waals surface area contributed by atoms with Gasteiger partial charge in [0, 0.05) is 31.5 Å². The number of carbonyl (C=O) groups is 2. The van der Waals surface area contributed by atoms with Crippen molar-refractivity contribution in [2.24, 2.45) is 17.8 Å². The number of fused-ring (bicyclic) bond motifs is 2. The number of rotatable bonds is 6. The molecule has 0 bridgehead atoms. The average molecular weight is 533 g/mol. The van der Waals surface area contributed by atoms with Crippen LogP contribution in [0.25, 0.3) is 0 Å². The molecule has 2 aromatic carbocycles. The minimum Gasteiger partial charge on any atom is -0.454 e. The monoisotopic (exact) mass is 532 g/mol. The number of nitrogens with zero attached hydrogens (tertiary/aromatic N) is 1. The van der Waals surface area contributed by atoms with Crippen molar-refractivity contribution in [2.45, 2.75) is 44.9 Å². The summed E-state index contributed by atoms with van der Waals surface area (Å²) in [5, 5.41) is 3.16. The maximum Gasteiger partial charge on any atom is 0.231 e. The standard InChI is InChI=1S/C31H36N2O6/c1-19(2)16-32-30(34)29-23(31(35)33-12-4-3-5-13-33)9-8-22(20-6-10-24-26(14-20)38-17-36-24)28(29)21-7-11-25-27(15-21)39-18-37-25/h6-11,14-15,19,22-23,28-29H,3-5,12-13,16-18H2,1-2H3,(H,32,34). The van der Waals surface area contributed by atoms with E-state index in [2.05, 4.69) is 25.2 Å². The van der Waals surface area contributed by atoms with Gasteiger partial charge < -0.3 is 29.2 Å². The van der Waals surface area contributed by atoms with Crippen LogP contribution in [0.3, 0.4) is 0 Å². The number of hydrogen-bond acceptors (Lipinski definition) is 6. The minimum atomic E-state index is -0.598. The Bertz CT molecular complexity index is 1270. The maximum absolute atomic E-state index is 14.1. The molecule has 206 valence electrons. The van der Waals surface area contributed by atoms with E-state index in [9.17, 15) is 9.59 Å². The molecule has 1 aliphatic carbocycles. The normalized spacial score (nSPS) is 25.2. The van der Waals surface area contributed by atoms with Crippen molar-refractivity contribution in [3.8, 4) is 23.0 Å². The lowest BCUT2D eigenvalue weighted by atomic mass is 9.64. The number of ether oxygens (including phenoxy) is 4. The zero-order valence-electron chi connectivity index (χ0n) is 22.6. The molecule has 4 atom stereocenters. The average Bonchev–Trinajstić information content (AvgIpc) is 3.64. The Morgan fingerprint density at radius 1 is 0.846 bits per heavy atom. The Morgan fingerprint density at radius 3 is 2.13 bits per heavy atom. The second-order valence-electron chi connectivity index (χ2n) is 11.2. The van der Waals surface area contributed by atoms with Crippen molar-refractivity contribution in [3.63, 3.8) is 0 Å². The molecule has 0 aromatic heterocycles. The van der Waals surface area contributed by atoms with E-state index in [1.165, 1.54) is 0 Å². The number of likely N-dealkylation sites (tertiary alicyclic amines) is 1. The predicted octanol–water partition coefficient (Wildman–Crippen LogP) is 4.60. The van der Waals surface area contributed by atoms with Crippen LogP contribution in [-0.2, 0) is 9.59 Å².